The van der Waals surface area contributed by atoms with Gasteiger partial charge >= 0.3 is 0 Å². The van der Waals surface area contributed by atoms with Gasteiger partial charge in [0.05, 0.1) is 6.04 Å². The minimum Gasteiger partial charge on any atom is -0.352 e. The van der Waals surface area contributed by atoms with Crippen molar-refractivity contribution in [2.45, 2.75) is 32.9 Å². The molecule has 0 fully saturated rings. The van der Waals surface area contributed by atoms with Crippen LogP contribution in [-0.2, 0) is 16.1 Å². The molecule has 0 aliphatic heterocycles. The van der Waals surface area contributed by atoms with E-state index in [0.717, 1.165) is 11.1 Å². The zero-order valence-electron chi connectivity index (χ0n) is 14.1. The number of pyridine rings is 1. The minimum absolute atomic E-state index is 0.0357. The summed E-state index contributed by atoms with van der Waals surface area (Å²) in [5, 5.41) is 2.86. The van der Waals surface area contributed by atoms with E-state index >= 15 is 0 Å². The van der Waals surface area contributed by atoms with E-state index in [1.54, 1.807) is 17.3 Å². The molecule has 1 aromatic heterocycles. The number of carbonyl (C=O) groups excluding carboxylic acids is 2. The van der Waals surface area contributed by atoms with Gasteiger partial charge in [-0.25, -0.2) is 0 Å². The Balaban J connectivity index is 1.87. The highest BCUT2D eigenvalue weighted by molar-refractivity contribution is 5.78. The van der Waals surface area contributed by atoms with Gasteiger partial charge in [0, 0.05) is 38.8 Å². The summed E-state index contributed by atoms with van der Waals surface area (Å²) in [6.07, 6.45) is 3.69. The highest BCUT2D eigenvalue weighted by Gasteiger charge is 2.19. The number of aromatic nitrogens is 1. The van der Waals surface area contributed by atoms with Crippen molar-refractivity contribution in [3.63, 3.8) is 0 Å². The first-order valence-corrected chi connectivity index (χ1v) is 8.05. The van der Waals surface area contributed by atoms with E-state index in [2.05, 4.69) is 10.3 Å². The van der Waals surface area contributed by atoms with Gasteiger partial charge in [0.2, 0.25) is 11.8 Å². The Morgan fingerprint density at radius 1 is 1.17 bits per heavy atom. The van der Waals surface area contributed by atoms with E-state index in [9.17, 15) is 9.59 Å². The summed E-state index contributed by atoms with van der Waals surface area (Å²) in [6.45, 7) is 4.35. The molecule has 0 spiro atoms. The van der Waals surface area contributed by atoms with Crippen molar-refractivity contribution >= 4 is 11.8 Å². The lowest BCUT2D eigenvalue weighted by atomic mass is 10.1. The Morgan fingerprint density at radius 2 is 1.92 bits per heavy atom. The second-order valence-electron chi connectivity index (χ2n) is 5.69. The number of hydrogen-bond donors (Lipinski definition) is 1. The van der Waals surface area contributed by atoms with Crippen molar-refractivity contribution in [2.75, 3.05) is 6.54 Å². The lowest BCUT2D eigenvalue weighted by Crippen LogP contribution is -2.35. The summed E-state index contributed by atoms with van der Waals surface area (Å²) in [7, 11) is 0. The zero-order chi connectivity index (χ0) is 17.4. The first-order chi connectivity index (χ1) is 11.6. The van der Waals surface area contributed by atoms with Crippen molar-refractivity contribution in [3.05, 3.63) is 66.0 Å². The predicted octanol–water partition coefficient (Wildman–Crippen LogP) is 2.70. The molecule has 2 amide bonds. The van der Waals surface area contributed by atoms with Crippen LogP contribution < -0.4 is 5.32 Å². The molecule has 126 valence electrons. The van der Waals surface area contributed by atoms with Crippen LogP contribution in [0.2, 0.25) is 0 Å². The van der Waals surface area contributed by atoms with E-state index in [1.807, 2.05) is 49.4 Å². The topological polar surface area (TPSA) is 62.3 Å². The van der Waals surface area contributed by atoms with Gasteiger partial charge in [-0.15, -0.1) is 0 Å². The fourth-order valence-electron chi connectivity index (χ4n) is 2.55. The molecule has 0 saturated carbocycles. The highest BCUT2D eigenvalue weighted by Crippen LogP contribution is 2.20. The van der Waals surface area contributed by atoms with Crippen LogP contribution in [0, 0.1) is 0 Å². The minimum atomic E-state index is -0.0784. The van der Waals surface area contributed by atoms with Gasteiger partial charge in [-0.05, 0) is 24.1 Å². The molecule has 0 bridgehead atoms. The van der Waals surface area contributed by atoms with Gasteiger partial charge < -0.3 is 10.2 Å². The Labute approximate surface area is 142 Å². The van der Waals surface area contributed by atoms with Crippen LogP contribution in [-0.4, -0.2) is 28.2 Å². The van der Waals surface area contributed by atoms with E-state index in [-0.39, 0.29) is 24.3 Å². The molecule has 5 nitrogen and oxygen atoms in total. The second-order valence-corrected chi connectivity index (χ2v) is 5.69. The van der Waals surface area contributed by atoms with E-state index in [0.29, 0.717) is 13.1 Å². The summed E-state index contributed by atoms with van der Waals surface area (Å²) in [6, 6.07) is 13.5. The van der Waals surface area contributed by atoms with Crippen LogP contribution in [0.1, 0.15) is 37.4 Å². The number of nitrogens with one attached hydrogen (secondary N) is 1. The Morgan fingerprint density at radius 3 is 2.54 bits per heavy atom. The normalized spacial score (nSPS) is 11.6. The third-order valence-corrected chi connectivity index (χ3v) is 3.95. The molecule has 0 radical (unpaired) electrons. The fraction of sp³-hybridized carbons (Fsp3) is 0.316. The van der Waals surface area contributed by atoms with Gasteiger partial charge in [0.25, 0.3) is 0 Å². The number of benzene rings is 1. The standard InChI is InChI=1S/C19H23N3O2/c1-15(18-8-4-3-5-9-18)22(16(2)23)12-10-19(24)21-14-17-7-6-11-20-13-17/h3-9,11,13,15H,10,12,14H2,1-2H3,(H,21,24). The van der Waals surface area contributed by atoms with Crippen molar-refractivity contribution in [1.82, 2.24) is 15.2 Å². The van der Waals surface area contributed by atoms with Crippen LogP contribution in [0.4, 0.5) is 0 Å². The smallest absolute Gasteiger partial charge is 0.222 e. The lowest BCUT2D eigenvalue weighted by molar-refractivity contribution is -0.131. The predicted molar refractivity (Wildman–Crippen MR) is 92.9 cm³/mol. The Bertz CT molecular complexity index is 659. The lowest BCUT2D eigenvalue weighted by Gasteiger charge is -2.28. The van der Waals surface area contributed by atoms with Crippen molar-refractivity contribution in [1.29, 1.82) is 0 Å². The second kappa shape index (κ2) is 8.82. The SMILES string of the molecule is CC(=O)N(CCC(=O)NCc1cccnc1)C(C)c1ccccc1. The monoisotopic (exact) mass is 325 g/mol. The Kier molecular flexibility index (Phi) is 6.49. The third-order valence-electron chi connectivity index (χ3n) is 3.95. The summed E-state index contributed by atoms with van der Waals surface area (Å²) >= 11 is 0. The molecule has 5 heteroatoms. The molecule has 2 aromatic rings. The van der Waals surface area contributed by atoms with E-state index in [4.69, 9.17) is 0 Å². The summed E-state index contributed by atoms with van der Waals surface area (Å²) in [5.41, 5.74) is 2.01. The van der Waals surface area contributed by atoms with Crippen molar-refractivity contribution in [3.8, 4) is 0 Å². The first kappa shape index (κ1) is 17.7. The van der Waals surface area contributed by atoms with Crippen LogP contribution in [0.3, 0.4) is 0 Å². The van der Waals surface area contributed by atoms with Gasteiger partial charge in [0.15, 0.2) is 0 Å². The molecule has 0 aliphatic carbocycles. The Hall–Kier alpha value is -2.69. The average Bonchev–Trinajstić information content (AvgIpc) is 2.61. The van der Waals surface area contributed by atoms with Gasteiger partial charge in [-0.3, -0.25) is 14.6 Å². The van der Waals surface area contributed by atoms with Crippen LogP contribution >= 0.6 is 0 Å². The number of nitrogens with zero attached hydrogens (tertiary/aromatic N) is 2. The molecular formula is C19H23N3O2. The van der Waals surface area contributed by atoms with Crippen LogP contribution in [0.25, 0.3) is 0 Å². The first-order valence-electron chi connectivity index (χ1n) is 8.05. The summed E-state index contributed by atoms with van der Waals surface area (Å²) < 4.78 is 0. The van der Waals surface area contributed by atoms with Crippen LogP contribution in [0.5, 0.6) is 0 Å². The molecule has 0 saturated heterocycles. The summed E-state index contributed by atoms with van der Waals surface area (Å²) in [5.74, 6) is -0.114. The molecule has 24 heavy (non-hydrogen) atoms. The average molecular weight is 325 g/mol. The number of carbonyl (C=O) groups is 2. The molecule has 1 N–H and O–H groups in total. The fourth-order valence-corrected chi connectivity index (χ4v) is 2.55. The highest BCUT2D eigenvalue weighted by atomic mass is 16.2. The van der Waals surface area contributed by atoms with E-state index in [1.165, 1.54) is 6.92 Å². The van der Waals surface area contributed by atoms with Crippen LogP contribution in [0.15, 0.2) is 54.9 Å². The zero-order valence-corrected chi connectivity index (χ0v) is 14.1. The number of amides is 2. The maximum absolute atomic E-state index is 12.0. The largest absolute Gasteiger partial charge is 0.352 e. The summed E-state index contributed by atoms with van der Waals surface area (Å²) in [4.78, 5) is 29.7. The molecule has 2 rings (SSSR count). The molecule has 1 atom stereocenters. The molecule has 1 aromatic carbocycles. The molecule has 1 unspecified atom stereocenters. The van der Waals surface area contributed by atoms with E-state index < -0.39 is 0 Å². The third kappa shape index (κ3) is 5.19. The van der Waals surface area contributed by atoms with Gasteiger partial charge in [0.1, 0.15) is 0 Å². The van der Waals surface area contributed by atoms with Crippen molar-refractivity contribution < 1.29 is 9.59 Å². The number of hydrogen-bond acceptors (Lipinski definition) is 3. The van der Waals surface area contributed by atoms with Gasteiger partial charge in [-0.1, -0.05) is 36.4 Å². The van der Waals surface area contributed by atoms with Crippen molar-refractivity contribution in [2.24, 2.45) is 0 Å². The maximum atomic E-state index is 12.0. The molecule has 0 aliphatic rings. The molecular weight excluding hydrogens is 302 g/mol. The van der Waals surface area contributed by atoms with Gasteiger partial charge in [-0.2, -0.15) is 0 Å². The quantitative estimate of drug-likeness (QED) is 0.851. The maximum Gasteiger partial charge on any atom is 0.222 e. The number of rotatable bonds is 7. The molecule has 1 heterocycles.